The number of hydrogen-bond acceptors (Lipinski definition) is 5. The summed E-state index contributed by atoms with van der Waals surface area (Å²) in [4.78, 5) is 30.5. The van der Waals surface area contributed by atoms with Gasteiger partial charge >= 0.3 is 5.97 Å². The van der Waals surface area contributed by atoms with Crippen molar-refractivity contribution in [1.29, 1.82) is 0 Å². The molecule has 1 aromatic heterocycles. The molecule has 1 unspecified atom stereocenters. The van der Waals surface area contributed by atoms with Gasteiger partial charge in [-0.25, -0.2) is 9.18 Å². The van der Waals surface area contributed by atoms with Crippen LogP contribution in [-0.2, 0) is 19.1 Å². The predicted octanol–water partition coefficient (Wildman–Crippen LogP) is 4.98. The molecule has 0 radical (unpaired) electrons. The highest BCUT2D eigenvalue weighted by Gasteiger charge is 2.33. The lowest BCUT2D eigenvalue weighted by atomic mass is 10.0. The van der Waals surface area contributed by atoms with Crippen LogP contribution in [0.5, 0.6) is 0 Å². The molecular formula is C27H33FN2O5. The molecule has 188 valence electrons. The molecule has 0 saturated carbocycles. The van der Waals surface area contributed by atoms with Gasteiger partial charge in [0.1, 0.15) is 11.9 Å². The number of halogens is 1. The van der Waals surface area contributed by atoms with Gasteiger partial charge < -0.3 is 24.5 Å². The van der Waals surface area contributed by atoms with E-state index in [0.717, 1.165) is 22.5 Å². The van der Waals surface area contributed by atoms with Gasteiger partial charge in [-0.1, -0.05) is 50.8 Å². The average molecular weight is 485 g/mol. The molecule has 3 rings (SSSR count). The van der Waals surface area contributed by atoms with Crippen LogP contribution in [0, 0.1) is 0 Å². The van der Waals surface area contributed by atoms with Gasteiger partial charge in [0.25, 0.3) is 0 Å². The van der Waals surface area contributed by atoms with Crippen molar-refractivity contribution in [1.82, 2.24) is 9.88 Å². The summed E-state index contributed by atoms with van der Waals surface area (Å²) >= 11 is 0. The number of H-pyrrole nitrogens is 1. The first-order valence-electron chi connectivity index (χ1n) is 11.7. The molecule has 35 heavy (non-hydrogen) atoms. The van der Waals surface area contributed by atoms with Crippen molar-refractivity contribution >= 4 is 28.4 Å². The number of para-hydroxylation sites is 1. The van der Waals surface area contributed by atoms with E-state index in [2.05, 4.69) is 11.6 Å². The van der Waals surface area contributed by atoms with Crippen LogP contribution in [0.4, 0.5) is 4.39 Å². The number of carbonyl (C=O) groups is 2. The fraction of sp³-hybridized carbons (Fsp3) is 0.333. The number of nitrogens with one attached hydrogen (secondary N) is 1. The van der Waals surface area contributed by atoms with Crippen LogP contribution in [-0.4, -0.2) is 53.2 Å². The minimum atomic E-state index is -0.600. The molecule has 8 heteroatoms. The third-order valence-corrected chi connectivity index (χ3v) is 5.09. The second-order valence-electron chi connectivity index (χ2n) is 7.24. The van der Waals surface area contributed by atoms with Crippen molar-refractivity contribution in [2.45, 2.75) is 33.3 Å². The van der Waals surface area contributed by atoms with E-state index >= 15 is 0 Å². The molecular weight excluding hydrogens is 451 g/mol. The Bertz CT molecular complexity index is 1120. The Morgan fingerprint density at radius 1 is 1.31 bits per heavy atom. The second-order valence-corrected chi connectivity index (χ2v) is 7.24. The normalized spacial score (nSPS) is 15.7. The topological polar surface area (TPSA) is 91.9 Å². The molecule has 0 saturated heterocycles. The number of allylic oxidation sites excluding steroid dienone is 4. The summed E-state index contributed by atoms with van der Waals surface area (Å²) in [7, 11) is 0. The van der Waals surface area contributed by atoms with Gasteiger partial charge in [-0.2, -0.15) is 0 Å². The van der Waals surface area contributed by atoms with Crippen LogP contribution in [0.15, 0.2) is 67.2 Å². The number of hydrogen-bond donors (Lipinski definition) is 2. The molecule has 1 aromatic carbocycles. The highest BCUT2D eigenvalue weighted by atomic mass is 19.1. The lowest BCUT2D eigenvalue weighted by Gasteiger charge is -2.23. The summed E-state index contributed by atoms with van der Waals surface area (Å²) < 4.78 is 24.3. The van der Waals surface area contributed by atoms with Crippen LogP contribution >= 0.6 is 0 Å². The molecule has 1 amide bonds. The molecule has 0 bridgehead atoms. The van der Waals surface area contributed by atoms with Gasteiger partial charge in [-0.15, -0.1) is 0 Å². The van der Waals surface area contributed by atoms with E-state index in [9.17, 15) is 19.1 Å². The minimum Gasteiger partial charge on any atom is -0.462 e. The Labute approximate surface area is 205 Å². The van der Waals surface area contributed by atoms with Gasteiger partial charge in [0, 0.05) is 29.1 Å². The zero-order valence-electron chi connectivity index (χ0n) is 20.4. The first kappa shape index (κ1) is 27.8. The third kappa shape index (κ3) is 7.00. The highest BCUT2D eigenvalue weighted by Crippen LogP contribution is 2.37. The molecule has 2 aromatic rings. The zero-order valence-corrected chi connectivity index (χ0v) is 20.4. The van der Waals surface area contributed by atoms with E-state index < -0.39 is 17.9 Å². The number of aromatic amines is 1. The Hall–Kier alpha value is -3.49. The molecule has 2 heterocycles. The Morgan fingerprint density at radius 3 is 2.74 bits per heavy atom. The number of rotatable bonds is 9. The largest absolute Gasteiger partial charge is 0.462 e. The Balaban J connectivity index is 0.00000210. The molecule has 0 aliphatic carbocycles. The maximum Gasteiger partial charge on any atom is 0.341 e. The highest BCUT2D eigenvalue weighted by molar-refractivity contribution is 6.18. The first-order valence-corrected chi connectivity index (χ1v) is 11.7. The Morgan fingerprint density at radius 2 is 2.06 bits per heavy atom. The van der Waals surface area contributed by atoms with Crippen molar-refractivity contribution in [2.75, 3.05) is 26.4 Å². The molecule has 2 N–H and O–H groups in total. The molecule has 1 atom stereocenters. The molecule has 1 aliphatic rings. The zero-order chi connectivity index (χ0) is 25.8. The lowest BCUT2D eigenvalue weighted by molar-refractivity contribution is -0.136. The van der Waals surface area contributed by atoms with Crippen molar-refractivity contribution in [3.8, 4) is 0 Å². The molecule has 0 spiro atoms. The fourth-order valence-electron chi connectivity index (χ4n) is 3.64. The minimum absolute atomic E-state index is 0.0189. The van der Waals surface area contributed by atoms with E-state index in [1.165, 1.54) is 29.3 Å². The number of aromatic nitrogens is 1. The summed E-state index contributed by atoms with van der Waals surface area (Å²) in [5.41, 5.74) is 2.25. The van der Waals surface area contributed by atoms with Gasteiger partial charge in [-0.05, 0) is 25.1 Å². The fourth-order valence-corrected chi connectivity index (χ4v) is 3.64. The molecule has 7 nitrogen and oxygen atoms in total. The van der Waals surface area contributed by atoms with Crippen LogP contribution in [0.2, 0.25) is 0 Å². The number of esters is 1. The quantitative estimate of drug-likeness (QED) is 0.387. The van der Waals surface area contributed by atoms with Crippen LogP contribution in [0.1, 0.15) is 44.6 Å². The average Bonchev–Trinajstić information content (AvgIpc) is 3.18. The summed E-state index contributed by atoms with van der Waals surface area (Å²) in [6, 6.07) is 7.55. The van der Waals surface area contributed by atoms with Gasteiger partial charge in [-0.3, -0.25) is 4.79 Å². The number of amides is 1. The summed E-state index contributed by atoms with van der Waals surface area (Å²) in [6.07, 6.45) is 6.06. The van der Waals surface area contributed by atoms with Crippen molar-refractivity contribution in [2.24, 2.45) is 0 Å². The second kappa shape index (κ2) is 14.0. The molecule has 1 aliphatic heterocycles. The molecule has 0 fully saturated rings. The smallest absolute Gasteiger partial charge is 0.341 e. The number of ether oxygens (including phenoxy) is 2. The standard InChI is InChI=1S/C25H27FN2O5.C2H6/c1-3-17(26)9-5-8-12-22(30)28-15-19(25(31)32-4-2)24-23(21(16-28)33-14-13-29)18-10-6-7-11-20(18)27-24;1-2/h3,5-11,15,21,27,29H,1,4,12-14,16H2,2H3;1-2H3/b8-5+,17-9+;. The Kier molecular flexibility index (Phi) is 11.1. The first-order chi connectivity index (χ1) is 17.0. The number of carbonyl (C=O) groups excluding carboxylic acids is 2. The van der Waals surface area contributed by atoms with E-state index in [-0.39, 0.29) is 44.3 Å². The maximum atomic E-state index is 13.2. The number of fused-ring (bicyclic) bond motifs is 3. The summed E-state index contributed by atoms with van der Waals surface area (Å²) in [5, 5.41) is 10.2. The van der Waals surface area contributed by atoms with Gasteiger partial charge in [0.15, 0.2) is 0 Å². The maximum absolute atomic E-state index is 13.2. The lowest BCUT2D eigenvalue weighted by Crippen LogP contribution is -2.30. The van der Waals surface area contributed by atoms with E-state index in [4.69, 9.17) is 9.47 Å². The van der Waals surface area contributed by atoms with Gasteiger partial charge in [0.05, 0.1) is 37.6 Å². The van der Waals surface area contributed by atoms with E-state index in [1.807, 2.05) is 38.1 Å². The van der Waals surface area contributed by atoms with Gasteiger partial charge in [0.2, 0.25) is 5.91 Å². The van der Waals surface area contributed by atoms with Crippen LogP contribution in [0.3, 0.4) is 0 Å². The number of aliphatic hydroxyl groups is 1. The van der Waals surface area contributed by atoms with Crippen LogP contribution < -0.4 is 0 Å². The third-order valence-electron chi connectivity index (χ3n) is 5.09. The van der Waals surface area contributed by atoms with Crippen molar-refractivity contribution in [3.05, 3.63) is 78.4 Å². The van der Waals surface area contributed by atoms with Crippen LogP contribution in [0.25, 0.3) is 16.5 Å². The number of benzene rings is 1. The van der Waals surface area contributed by atoms with Crippen molar-refractivity contribution < 1.29 is 28.6 Å². The number of aliphatic hydroxyl groups excluding tert-OH is 1. The SMILES string of the molecule is C=C/C(F)=C\C=C\CC(=O)N1C=C(C(=O)OCC)c2[nH]c3ccccc3c2C(OCCO)C1.CC. The summed E-state index contributed by atoms with van der Waals surface area (Å²) in [5.74, 6) is -1.40. The predicted molar refractivity (Wildman–Crippen MR) is 135 cm³/mol. The monoisotopic (exact) mass is 484 g/mol. The van der Waals surface area contributed by atoms with E-state index in [0.29, 0.717) is 5.69 Å². The van der Waals surface area contributed by atoms with Crippen molar-refractivity contribution in [3.63, 3.8) is 0 Å². The summed E-state index contributed by atoms with van der Waals surface area (Å²) in [6.45, 7) is 9.21. The van der Waals surface area contributed by atoms with E-state index in [1.54, 1.807) is 6.92 Å². The number of nitrogens with zero attached hydrogens (tertiary/aromatic N) is 1.